The quantitative estimate of drug-likeness (QED) is 0.176. The molecular formula is C50H32S. The Kier molecular flexibility index (Phi) is 6.06. The van der Waals surface area contributed by atoms with Crippen LogP contribution in [0.5, 0.6) is 0 Å². The van der Waals surface area contributed by atoms with Gasteiger partial charge in [-0.1, -0.05) is 157 Å². The van der Waals surface area contributed by atoms with Crippen molar-refractivity contribution in [3.05, 3.63) is 169 Å². The second-order valence-electron chi connectivity index (χ2n) is 14.1. The summed E-state index contributed by atoms with van der Waals surface area (Å²) in [4.78, 5) is 0. The van der Waals surface area contributed by atoms with Crippen molar-refractivity contribution >= 4 is 63.8 Å². The first kappa shape index (κ1) is 28.8. The molecule has 1 aromatic heterocycles. The summed E-state index contributed by atoms with van der Waals surface area (Å²) >= 11 is 1.92. The third kappa shape index (κ3) is 4.13. The van der Waals surface area contributed by atoms with Crippen LogP contribution in [0.25, 0.3) is 108 Å². The van der Waals surface area contributed by atoms with Gasteiger partial charge < -0.3 is 0 Å². The fourth-order valence-corrected chi connectivity index (χ4v) is 10.0. The predicted molar refractivity (Wildman–Crippen MR) is 222 cm³/mol. The third-order valence-corrected chi connectivity index (χ3v) is 12.3. The van der Waals surface area contributed by atoms with Gasteiger partial charge in [0.2, 0.25) is 0 Å². The Morgan fingerprint density at radius 3 is 1.51 bits per heavy atom. The van der Waals surface area contributed by atoms with Gasteiger partial charge in [0.25, 0.3) is 0 Å². The largest absolute Gasteiger partial charge is 0.135 e. The van der Waals surface area contributed by atoms with Gasteiger partial charge in [0.1, 0.15) is 0 Å². The normalized spacial score (nSPS) is 12.1. The monoisotopic (exact) mass is 664 g/mol. The van der Waals surface area contributed by atoms with E-state index < -0.39 is 0 Å². The lowest BCUT2D eigenvalue weighted by atomic mass is 9.82. The lowest BCUT2D eigenvalue weighted by molar-refractivity contribution is 1.47. The predicted octanol–water partition coefficient (Wildman–Crippen LogP) is 14.8. The van der Waals surface area contributed by atoms with Crippen molar-refractivity contribution in [1.29, 1.82) is 0 Å². The van der Waals surface area contributed by atoms with Crippen molar-refractivity contribution in [2.75, 3.05) is 0 Å². The van der Waals surface area contributed by atoms with Crippen molar-refractivity contribution < 1.29 is 0 Å². The number of rotatable bonds is 3. The summed E-state index contributed by atoms with van der Waals surface area (Å²) in [5.41, 5.74) is 15.6. The summed E-state index contributed by atoms with van der Waals surface area (Å²) in [7, 11) is 0. The minimum absolute atomic E-state index is 1.26. The number of hydrogen-bond acceptors (Lipinski definition) is 1. The van der Waals surface area contributed by atoms with Crippen LogP contribution in [0.15, 0.2) is 158 Å². The Balaban J connectivity index is 1.25. The SMILES string of the molecule is Cc1ccc(-c2c3c(c(-c4ccc(C)cc4)c4ccccc24)-c2ccc(-c4cccc5c4sc4cc6ccccc6cc45)c4cccc-3c24)cc1. The minimum Gasteiger partial charge on any atom is -0.135 e. The van der Waals surface area contributed by atoms with Gasteiger partial charge in [-0.15, -0.1) is 11.3 Å². The maximum absolute atomic E-state index is 2.42. The van der Waals surface area contributed by atoms with Gasteiger partial charge in [-0.2, -0.15) is 0 Å². The molecule has 0 saturated heterocycles. The number of fused-ring (bicyclic) bond motifs is 8. The number of benzene rings is 9. The summed E-state index contributed by atoms with van der Waals surface area (Å²) in [5, 5.41) is 10.5. The molecule has 0 fully saturated rings. The number of thiophene rings is 1. The minimum atomic E-state index is 1.26. The highest BCUT2D eigenvalue weighted by Crippen LogP contribution is 2.59. The van der Waals surface area contributed by atoms with Gasteiger partial charge in [0.05, 0.1) is 0 Å². The molecule has 0 unspecified atom stereocenters. The lowest BCUT2D eigenvalue weighted by Gasteiger charge is -2.20. The molecule has 0 nitrogen and oxygen atoms in total. The molecule has 10 aromatic rings. The van der Waals surface area contributed by atoms with E-state index in [4.69, 9.17) is 0 Å². The fourth-order valence-electron chi connectivity index (χ4n) is 8.77. The van der Waals surface area contributed by atoms with Crippen LogP contribution in [0.2, 0.25) is 0 Å². The first-order valence-corrected chi connectivity index (χ1v) is 18.6. The summed E-state index contributed by atoms with van der Waals surface area (Å²) in [5.74, 6) is 0. The van der Waals surface area contributed by atoms with Crippen LogP contribution in [-0.4, -0.2) is 0 Å². The van der Waals surface area contributed by atoms with Crippen LogP contribution in [0.3, 0.4) is 0 Å². The molecule has 0 amide bonds. The highest BCUT2D eigenvalue weighted by Gasteiger charge is 2.31. The Bertz CT molecular complexity index is 2970. The zero-order valence-corrected chi connectivity index (χ0v) is 29.2. The Labute approximate surface area is 300 Å². The van der Waals surface area contributed by atoms with Crippen molar-refractivity contribution in [3.8, 4) is 55.6 Å². The fraction of sp³-hybridized carbons (Fsp3) is 0.0400. The zero-order valence-electron chi connectivity index (χ0n) is 28.4. The van der Waals surface area contributed by atoms with Crippen LogP contribution in [-0.2, 0) is 0 Å². The first-order chi connectivity index (χ1) is 25.1. The lowest BCUT2D eigenvalue weighted by Crippen LogP contribution is -1.93. The van der Waals surface area contributed by atoms with E-state index in [0.717, 1.165) is 0 Å². The van der Waals surface area contributed by atoms with Crippen molar-refractivity contribution in [1.82, 2.24) is 0 Å². The Hall–Kier alpha value is -6.02. The molecule has 0 saturated carbocycles. The number of hydrogen-bond donors (Lipinski definition) is 0. The molecule has 1 aliphatic carbocycles. The maximum atomic E-state index is 2.42. The summed E-state index contributed by atoms with van der Waals surface area (Å²) in [6, 6.07) is 59.4. The second kappa shape index (κ2) is 10.7. The second-order valence-corrected chi connectivity index (χ2v) is 15.2. The molecule has 0 N–H and O–H groups in total. The van der Waals surface area contributed by atoms with Crippen LogP contribution >= 0.6 is 11.3 Å². The van der Waals surface area contributed by atoms with Crippen molar-refractivity contribution in [2.45, 2.75) is 13.8 Å². The van der Waals surface area contributed by atoms with Gasteiger partial charge in [-0.3, -0.25) is 0 Å². The topological polar surface area (TPSA) is 0 Å². The summed E-state index contributed by atoms with van der Waals surface area (Å²) in [6.45, 7) is 4.34. The molecule has 1 heteroatoms. The zero-order chi connectivity index (χ0) is 33.8. The molecule has 1 heterocycles. The molecule has 0 atom stereocenters. The van der Waals surface area contributed by atoms with Crippen LogP contribution in [0.4, 0.5) is 0 Å². The van der Waals surface area contributed by atoms with Gasteiger partial charge in [0.15, 0.2) is 0 Å². The van der Waals surface area contributed by atoms with Crippen LogP contribution in [0.1, 0.15) is 11.1 Å². The van der Waals surface area contributed by atoms with E-state index in [1.54, 1.807) is 0 Å². The highest BCUT2D eigenvalue weighted by atomic mass is 32.1. The van der Waals surface area contributed by atoms with Crippen LogP contribution in [0, 0.1) is 13.8 Å². The van der Waals surface area contributed by atoms with Gasteiger partial charge in [0, 0.05) is 25.7 Å². The molecule has 0 spiro atoms. The summed E-state index contributed by atoms with van der Waals surface area (Å²) in [6.07, 6.45) is 0. The Morgan fingerprint density at radius 1 is 0.353 bits per heavy atom. The smallest absolute Gasteiger partial charge is 0.0434 e. The van der Waals surface area contributed by atoms with Gasteiger partial charge in [-0.05, 0) is 108 Å². The van der Waals surface area contributed by atoms with E-state index in [2.05, 4.69) is 172 Å². The summed E-state index contributed by atoms with van der Waals surface area (Å²) < 4.78 is 2.69. The van der Waals surface area contributed by atoms with Gasteiger partial charge >= 0.3 is 0 Å². The van der Waals surface area contributed by atoms with Crippen LogP contribution < -0.4 is 0 Å². The third-order valence-electron chi connectivity index (χ3n) is 11.1. The standard InChI is InChI=1S/C50H32S/c1-29-17-21-31(22-18-29)45-37-11-5-6-12-38(37)46(32-23-19-30(2)20-24-32)49-42-26-25-35(36-13-7-16-41(47(36)42)48(45)49)39-14-8-15-40-43-27-33-9-3-4-10-34(33)28-44(43)51-50(39)40/h3-28H,1-2H3. The first-order valence-electron chi connectivity index (χ1n) is 17.8. The van der Waals surface area contributed by atoms with E-state index in [-0.39, 0.29) is 0 Å². The number of aryl methyl sites for hydroxylation is 2. The van der Waals surface area contributed by atoms with E-state index in [1.807, 2.05) is 11.3 Å². The molecule has 0 bridgehead atoms. The average Bonchev–Trinajstić information content (AvgIpc) is 3.70. The maximum Gasteiger partial charge on any atom is 0.0434 e. The van der Waals surface area contributed by atoms with E-state index >= 15 is 0 Å². The van der Waals surface area contributed by atoms with E-state index in [9.17, 15) is 0 Å². The molecule has 9 aromatic carbocycles. The highest BCUT2D eigenvalue weighted by molar-refractivity contribution is 7.26. The van der Waals surface area contributed by atoms with E-state index in [0.29, 0.717) is 0 Å². The molecule has 238 valence electrons. The molecule has 11 rings (SSSR count). The Morgan fingerprint density at radius 2 is 0.863 bits per heavy atom. The average molecular weight is 665 g/mol. The molecule has 1 aliphatic rings. The van der Waals surface area contributed by atoms with Gasteiger partial charge in [-0.25, -0.2) is 0 Å². The van der Waals surface area contributed by atoms with E-state index in [1.165, 1.54) is 119 Å². The van der Waals surface area contributed by atoms with Crippen molar-refractivity contribution in [3.63, 3.8) is 0 Å². The molecular weight excluding hydrogens is 633 g/mol. The van der Waals surface area contributed by atoms with Crippen molar-refractivity contribution in [2.24, 2.45) is 0 Å². The molecule has 51 heavy (non-hydrogen) atoms. The molecule has 0 aliphatic heterocycles. The molecule has 0 radical (unpaired) electrons.